The second-order valence-corrected chi connectivity index (χ2v) is 4.18. The minimum absolute atomic E-state index is 0.0790. The normalized spacial score (nSPS) is 19.2. The second kappa shape index (κ2) is 5.19. The van der Waals surface area contributed by atoms with E-state index in [4.69, 9.17) is 5.73 Å². The van der Waals surface area contributed by atoms with Crippen LogP contribution in [0.4, 0.5) is 15.8 Å². The van der Waals surface area contributed by atoms with Crippen LogP contribution >= 0.6 is 0 Å². The van der Waals surface area contributed by atoms with Crippen molar-refractivity contribution in [1.82, 2.24) is 5.32 Å². The average Bonchev–Trinajstić information content (AvgIpc) is 2.37. The van der Waals surface area contributed by atoms with E-state index in [1.807, 2.05) is 0 Å². The molecule has 0 spiro atoms. The first-order valence-electron chi connectivity index (χ1n) is 5.72. The van der Waals surface area contributed by atoms with E-state index in [2.05, 4.69) is 5.32 Å². The summed E-state index contributed by atoms with van der Waals surface area (Å²) in [7, 11) is 0. The molecule has 1 saturated heterocycles. The Morgan fingerprint density at radius 3 is 2.95 bits per heavy atom. The van der Waals surface area contributed by atoms with Gasteiger partial charge in [0, 0.05) is 19.6 Å². The molecule has 0 radical (unpaired) electrons. The van der Waals surface area contributed by atoms with Crippen molar-refractivity contribution in [1.29, 1.82) is 0 Å². The molecule has 1 amide bonds. The van der Waals surface area contributed by atoms with E-state index in [0.29, 0.717) is 13.1 Å². The van der Waals surface area contributed by atoms with Gasteiger partial charge in [0.25, 0.3) is 0 Å². The molecular weight excluding hydrogens is 255 g/mol. The monoisotopic (exact) mass is 268 g/mol. The van der Waals surface area contributed by atoms with E-state index in [0.717, 1.165) is 6.07 Å². The third-order valence-electron chi connectivity index (χ3n) is 3.03. The fourth-order valence-corrected chi connectivity index (χ4v) is 2.16. The van der Waals surface area contributed by atoms with Crippen LogP contribution in [0.1, 0.15) is 0 Å². The van der Waals surface area contributed by atoms with Crippen LogP contribution in [0, 0.1) is 15.9 Å². The van der Waals surface area contributed by atoms with Crippen molar-refractivity contribution < 1.29 is 14.1 Å². The number of anilines is 1. The molecule has 1 atom stereocenters. The summed E-state index contributed by atoms with van der Waals surface area (Å²) in [6.07, 6.45) is 0. The minimum atomic E-state index is -0.927. The predicted molar refractivity (Wildman–Crippen MR) is 66.3 cm³/mol. The molecule has 2 rings (SSSR count). The largest absolute Gasteiger partial charge is 0.368 e. The molecule has 1 fully saturated rings. The first-order chi connectivity index (χ1) is 9.02. The zero-order chi connectivity index (χ0) is 14.0. The number of nitro benzene ring substituents is 1. The van der Waals surface area contributed by atoms with Gasteiger partial charge < -0.3 is 16.0 Å². The van der Waals surface area contributed by atoms with Crippen molar-refractivity contribution in [2.45, 2.75) is 6.04 Å². The number of hydrogen-bond donors (Lipinski definition) is 2. The van der Waals surface area contributed by atoms with Crippen LogP contribution in [0.5, 0.6) is 0 Å². The van der Waals surface area contributed by atoms with Gasteiger partial charge in [-0.15, -0.1) is 0 Å². The zero-order valence-corrected chi connectivity index (χ0v) is 10.0. The van der Waals surface area contributed by atoms with Gasteiger partial charge in [-0.1, -0.05) is 6.07 Å². The molecule has 7 nitrogen and oxygen atoms in total. The summed E-state index contributed by atoms with van der Waals surface area (Å²) < 4.78 is 13.6. The molecule has 1 unspecified atom stereocenters. The van der Waals surface area contributed by atoms with Crippen LogP contribution in [0.2, 0.25) is 0 Å². The number of para-hydroxylation sites is 1. The number of carbonyl (C=O) groups excluding carboxylic acids is 1. The van der Waals surface area contributed by atoms with Gasteiger partial charge in [0.1, 0.15) is 11.7 Å². The van der Waals surface area contributed by atoms with E-state index in [1.54, 1.807) is 0 Å². The van der Waals surface area contributed by atoms with Crippen LogP contribution in [0.15, 0.2) is 18.2 Å². The predicted octanol–water partition coefficient (Wildman–Crippen LogP) is -0.00260. The van der Waals surface area contributed by atoms with Crippen LogP contribution in [0.3, 0.4) is 0 Å². The van der Waals surface area contributed by atoms with Crippen LogP contribution in [0.25, 0.3) is 0 Å². The maximum atomic E-state index is 13.6. The lowest BCUT2D eigenvalue weighted by Gasteiger charge is -2.35. The number of hydrogen-bond acceptors (Lipinski definition) is 5. The lowest BCUT2D eigenvalue weighted by molar-refractivity contribution is -0.386. The number of halogens is 1. The number of nitro groups is 1. The highest BCUT2D eigenvalue weighted by molar-refractivity contribution is 5.85. The summed E-state index contributed by atoms with van der Waals surface area (Å²) in [4.78, 5) is 23.0. The van der Waals surface area contributed by atoms with Gasteiger partial charge in [-0.2, -0.15) is 4.39 Å². The highest BCUT2D eigenvalue weighted by Crippen LogP contribution is 2.32. The number of piperazine rings is 1. The van der Waals surface area contributed by atoms with E-state index in [9.17, 15) is 19.3 Å². The van der Waals surface area contributed by atoms with Crippen LogP contribution in [-0.2, 0) is 4.79 Å². The molecule has 1 aliphatic rings. The molecule has 0 bridgehead atoms. The third kappa shape index (κ3) is 2.48. The minimum Gasteiger partial charge on any atom is -0.368 e. The molecule has 102 valence electrons. The fourth-order valence-electron chi connectivity index (χ4n) is 2.16. The second-order valence-electron chi connectivity index (χ2n) is 4.18. The molecule has 19 heavy (non-hydrogen) atoms. The van der Waals surface area contributed by atoms with E-state index >= 15 is 0 Å². The molecule has 0 aromatic heterocycles. The van der Waals surface area contributed by atoms with Gasteiger partial charge in [0.15, 0.2) is 0 Å². The first kappa shape index (κ1) is 13.2. The Bertz CT molecular complexity index is 523. The summed E-state index contributed by atoms with van der Waals surface area (Å²) in [5.41, 5.74) is 4.72. The van der Waals surface area contributed by atoms with E-state index < -0.39 is 28.4 Å². The molecule has 1 aromatic carbocycles. The van der Waals surface area contributed by atoms with Crippen molar-refractivity contribution >= 4 is 17.3 Å². The topological polar surface area (TPSA) is 102 Å². The Balaban J connectivity index is 2.47. The smallest absolute Gasteiger partial charge is 0.327 e. The Morgan fingerprint density at radius 2 is 2.32 bits per heavy atom. The molecule has 1 aromatic rings. The maximum Gasteiger partial charge on any atom is 0.327 e. The summed E-state index contributed by atoms with van der Waals surface area (Å²) in [5.74, 6) is -1.53. The number of amides is 1. The fraction of sp³-hybridized carbons (Fsp3) is 0.364. The standard InChI is InChI=1S/C11H13FN4O3/c12-7-2-1-3-8(10(7)16(18)19)15-5-4-14-6-9(15)11(13)17/h1-3,9,14H,4-6H2,(H2,13,17). The summed E-state index contributed by atoms with van der Waals surface area (Å²) in [6, 6.07) is 3.08. The van der Waals surface area contributed by atoms with Crippen molar-refractivity contribution in [3.63, 3.8) is 0 Å². The van der Waals surface area contributed by atoms with Crippen molar-refractivity contribution in [2.75, 3.05) is 24.5 Å². The summed E-state index contributed by atoms with van der Waals surface area (Å²) in [5, 5.41) is 13.9. The number of benzene rings is 1. The van der Waals surface area contributed by atoms with Crippen LogP contribution < -0.4 is 16.0 Å². The first-order valence-corrected chi connectivity index (χ1v) is 5.72. The van der Waals surface area contributed by atoms with Crippen molar-refractivity contribution in [2.24, 2.45) is 5.73 Å². The summed E-state index contributed by atoms with van der Waals surface area (Å²) in [6.45, 7) is 1.17. The number of rotatable bonds is 3. The van der Waals surface area contributed by atoms with Crippen LogP contribution in [-0.4, -0.2) is 36.5 Å². The van der Waals surface area contributed by atoms with Gasteiger partial charge >= 0.3 is 5.69 Å². The van der Waals surface area contributed by atoms with Crippen molar-refractivity contribution in [3.8, 4) is 0 Å². The van der Waals surface area contributed by atoms with Gasteiger partial charge in [-0.25, -0.2) is 0 Å². The highest BCUT2D eigenvalue weighted by atomic mass is 19.1. The van der Waals surface area contributed by atoms with E-state index in [1.165, 1.54) is 17.0 Å². The Morgan fingerprint density at radius 1 is 1.58 bits per heavy atom. The molecule has 3 N–H and O–H groups in total. The highest BCUT2D eigenvalue weighted by Gasteiger charge is 2.32. The number of nitrogens with zero attached hydrogens (tertiary/aromatic N) is 2. The zero-order valence-electron chi connectivity index (χ0n) is 10.0. The molecule has 1 heterocycles. The molecule has 0 saturated carbocycles. The Labute approximate surface area is 108 Å². The number of carbonyl (C=O) groups is 1. The lowest BCUT2D eigenvalue weighted by atomic mass is 10.1. The number of primary amides is 1. The van der Waals surface area contributed by atoms with Gasteiger partial charge in [0.05, 0.1) is 4.92 Å². The molecule has 1 aliphatic heterocycles. The Kier molecular flexibility index (Phi) is 3.61. The van der Waals surface area contributed by atoms with E-state index in [-0.39, 0.29) is 12.2 Å². The van der Waals surface area contributed by atoms with Gasteiger partial charge in [-0.05, 0) is 12.1 Å². The maximum absolute atomic E-state index is 13.6. The summed E-state index contributed by atoms with van der Waals surface area (Å²) >= 11 is 0. The molecule has 8 heteroatoms. The molecule has 0 aliphatic carbocycles. The quantitative estimate of drug-likeness (QED) is 0.593. The Hall–Kier alpha value is -2.22. The number of nitrogens with two attached hydrogens (primary N) is 1. The third-order valence-corrected chi connectivity index (χ3v) is 3.03. The SMILES string of the molecule is NC(=O)C1CNCCN1c1cccc(F)c1[N+](=O)[O-]. The molecular formula is C11H13FN4O3. The number of nitrogens with one attached hydrogen (secondary N) is 1. The lowest BCUT2D eigenvalue weighted by Crippen LogP contribution is -2.57. The van der Waals surface area contributed by atoms with Gasteiger partial charge in [0.2, 0.25) is 11.7 Å². The average molecular weight is 268 g/mol. The van der Waals surface area contributed by atoms with Gasteiger partial charge in [-0.3, -0.25) is 14.9 Å². The van der Waals surface area contributed by atoms with Crippen molar-refractivity contribution in [3.05, 3.63) is 34.1 Å².